The van der Waals surface area contributed by atoms with E-state index in [2.05, 4.69) is 46.1 Å². The average molecular weight is 285 g/mol. The molecule has 2 rings (SSSR count). The Morgan fingerprint density at radius 2 is 1.71 bits per heavy atom. The van der Waals surface area contributed by atoms with Gasteiger partial charge in [0.2, 0.25) is 5.95 Å². The molecule has 0 saturated carbocycles. The highest BCUT2D eigenvalue weighted by atomic mass is 15.3. The van der Waals surface area contributed by atoms with Crippen LogP contribution < -0.4 is 10.6 Å². The summed E-state index contributed by atoms with van der Waals surface area (Å²) < 4.78 is 0. The van der Waals surface area contributed by atoms with Gasteiger partial charge in [0.15, 0.2) is 0 Å². The van der Waals surface area contributed by atoms with Gasteiger partial charge in [-0.05, 0) is 18.4 Å². The third kappa shape index (κ3) is 3.98. The summed E-state index contributed by atoms with van der Waals surface area (Å²) in [6.45, 7) is 6.19. The first kappa shape index (κ1) is 15.4. The monoisotopic (exact) mass is 285 g/mol. The van der Waals surface area contributed by atoms with Crippen LogP contribution in [0.2, 0.25) is 0 Å². The van der Waals surface area contributed by atoms with Gasteiger partial charge in [0.05, 0.1) is 11.4 Å². The van der Waals surface area contributed by atoms with Crippen LogP contribution in [-0.2, 0) is 19.4 Å². The fraction of sp³-hybridized carbons (Fsp3) is 0.438. The third-order valence-electron chi connectivity index (χ3n) is 3.40. The van der Waals surface area contributed by atoms with Crippen molar-refractivity contribution < 1.29 is 0 Å². The zero-order valence-corrected chi connectivity index (χ0v) is 12.8. The summed E-state index contributed by atoms with van der Waals surface area (Å²) in [5.41, 5.74) is 8.95. The van der Waals surface area contributed by atoms with E-state index in [4.69, 9.17) is 5.73 Å². The van der Waals surface area contributed by atoms with Gasteiger partial charge < -0.3 is 10.6 Å². The molecule has 1 aromatic heterocycles. The smallest absolute Gasteiger partial charge is 0.245 e. The predicted octanol–water partition coefficient (Wildman–Crippen LogP) is 1.96. The Hall–Kier alpha value is -2.01. The van der Waals surface area contributed by atoms with Crippen LogP contribution in [0.1, 0.15) is 30.8 Å². The Bertz CT molecular complexity index is 556. The van der Waals surface area contributed by atoms with Crippen LogP contribution >= 0.6 is 0 Å². The number of anilines is 1. The highest BCUT2D eigenvalue weighted by molar-refractivity contribution is 5.33. The van der Waals surface area contributed by atoms with Crippen molar-refractivity contribution in [1.82, 2.24) is 15.2 Å². The minimum Gasteiger partial charge on any atom is -0.334 e. The molecule has 0 aliphatic heterocycles. The van der Waals surface area contributed by atoms with E-state index in [1.165, 1.54) is 5.56 Å². The molecular formula is C16H23N5. The lowest BCUT2D eigenvalue weighted by molar-refractivity contribution is 0.719. The molecule has 0 atom stereocenters. The predicted molar refractivity (Wildman–Crippen MR) is 85.1 cm³/mol. The first-order valence-corrected chi connectivity index (χ1v) is 7.49. The maximum Gasteiger partial charge on any atom is 0.245 e. The summed E-state index contributed by atoms with van der Waals surface area (Å²) in [5, 5.41) is 8.60. The summed E-state index contributed by atoms with van der Waals surface area (Å²) in [5.74, 6) is 0.665. The quantitative estimate of drug-likeness (QED) is 0.842. The second kappa shape index (κ2) is 7.69. The fourth-order valence-corrected chi connectivity index (χ4v) is 2.27. The van der Waals surface area contributed by atoms with Gasteiger partial charge in [-0.25, -0.2) is 4.98 Å². The molecule has 0 unspecified atom stereocenters. The Morgan fingerprint density at radius 1 is 1.00 bits per heavy atom. The average Bonchev–Trinajstić information content (AvgIpc) is 2.54. The molecule has 0 saturated heterocycles. The summed E-state index contributed by atoms with van der Waals surface area (Å²) in [7, 11) is 0. The molecule has 1 aromatic carbocycles. The maximum atomic E-state index is 5.73. The lowest BCUT2D eigenvalue weighted by Gasteiger charge is -2.22. The second-order valence-corrected chi connectivity index (χ2v) is 4.91. The molecule has 0 amide bonds. The number of rotatable bonds is 7. The topological polar surface area (TPSA) is 67.9 Å². The molecule has 21 heavy (non-hydrogen) atoms. The van der Waals surface area contributed by atoms with Crippen LogP contribution in [0.4, 0.5) is 5.95 Å². The van der Waals surface area contributed by atoms with Gasteiger partial charge in [-0.3, -0.25) is 0 Å². The Morgan fingerprint density at radius 3 is 2.33 bits per heavy atom. The number of nitrogens with two attached hydrogens (primary N) is 1. The molecule has 5 heteroatoms. The van der Waals surface area contributed by atoms with Crippen molar-refractivity contribution in [2.45, 2.75) is 33.2 Å². The number of hydrogen-bond acceptors (Lipinski definition) is 5. The fourth-order valence-electron chi connectivity index (χ4n) is 2.27. The van der Waals surface area contributed by atoms with E-state index < -0.39 is 0 Å². The van der Waals surface area contributed by atoms with E-state index >= 15 is 0 Å². The second-order valence-electron chi connectivity index (χ2n) is 4.91. The van der Waals surface area contributed by atoms with Crippen LogP contribution in [0.5, 0.6) is 0 Å². The zero-order chi connectivity index (χ0) is 15.1. The normalized spacial score (nSPS) is 10.6. The molecule has 2 N–H and O–H groups in total. The molecule has 0 bridgehead atoms. The van der Waals surface area contributed by atoms with Crippen LogP contribution in [0.15, 0.2) is 30.3 Å². The Kier molecular flexibility index (Phi) is 5.63. The summed E-state index contributed by atoms with van der Waals surface area (Å²) in [6.07, 6.45) is 1.73. The van der Waals surface area contributed by atoms with E-state index in [9.17, 15) is 0 Å². The number of aromatic nitrogens is 3. The molecule has 0 aliphatic rings. The Labute approximate surface area is 126 Å². The van der Waals surface area contributed by atoms with Crippen LogP contribution in [0.25, 0.3) is 0 Å². The summed E-state index contributed by atoms with van der Waals surface area (Å²) in [4.78, 5) is 6.76. The molecule has 0 radical (unpaired) electrons. The van der Waals surface area contributed by atoms with Crippen LogP contribution in [0.3, 0.4) is 0 Å². The van der Waals surface area contributed by atoms with Crippen molar-refractivity contribution in [2.75, 3.05) is 18.0 Å². The zero-order valence-electron chi connectivity index (χ0n) is 12.8. The number of nitrogens with zero attached hydrogens (tertiary/aromatic N) is 4. The van der Waals surface area contributed by atoms with Crippen molar-refractivity contribution in [3.63, 3.8) is 0 Å². The molecular weight excluding hydrogens is 262 g/mol. The highest BCUT2D eigenvalue weighted by Crippen LogP contribution is 2.14. The van der Waals surface area contributed by atoms with E-state index in [1.54, 1.807) is 0 Å². The van der Waals surface area contributed by atoms with E-state index in [1.807, 2.05) is 18.2 Å². The van der Waals surface area contributed by atoms with Gasteiger partial charge in [0.1, 0.15) is 0 Å². The van der Waals surface area contributed by atoms with Gasteiger partial charge in [-0.15, -0.1) is 5.10 Å². The molecule has 0 fully saturated rings. The van der Waals surface area contributed by atoms with Gasteiger partial charge >= 0.3 is 0 Å². The van der Waals surface area contributed by atoms with Crippen molar-refractivity contribution in [3.8, 4) is 0 Å². The third-order valence-corrected chi connectivity index (χ3v) is 3.40. The largest absolute Gasteiger partial charge is 0.334 e. The molecule has 0 spiro atoms. The highest BCUT2D eigenvalue weighted by Gasteiger charge is 2.13. The van der Waals surface area contributed by atoms with Crippen molar-refractivity contribution in [3.05, 3.63) is 47.3 Å². The summed E-state index contributed by atoms with van der Waals surface area (Å²) in [6, 6.07) is 10.3. The number of benzene rings is 1. The minimum absolute atomic E-state index is 0.563. The molecule has 0 aliphatic carbocycles. The van der Waals surface area contributed by atoms with Gasteiger partial charge in [0, 0.05) is 19.6 Å². The lowest BCUT2D eigenvalue weighted by Crippen LogP contribution is -2.31. The van der Waals surface area contributed by atoms with E-state index in [0.717, 1.165) is 30.8 Å². The van der Waals surface area contributed by atoms with Crippen LogP contribution in [-0.4, -0.2) is 28.3 Å². The minimum atomic E-state index is 0.563. The summed E-state index contributed by atoms with van der Waals surface area (Å²) >= 11 is 0. The SMILES string of the molecule is CCc1nnc(N(CCN)Cc2ccccc2)nc1CC. The van der Waals surface area contributed by atoms with Crippen molar-refractivity contribution in [2.24, 2.45) is 5.73 Å². The van der Waals surface area contributed by atoms with Crippen molar-refractivity contribution in [1.29, 1.82) is 0 Å². The van der Waals surface area contributed by atoms with E-state index in [0.29, 0.717) is 19.0 Å². The van der Waals surface area contributed by atoms with Gasteiger partial charge in [-0.2, -0.15) is 5.10 Å². The van der Waals surface area contributed by atoms with Crippen molar-refractivity contribution >= 4 is 5.95 Å². The molecule has 2 aromatic rings. The number of aryl methyl sites for hydroxylation is 2. The maximum absolute atomic E-state index is 5.73. The first-order valence-electron chi connectivity index (χ1n) is 7.49. The number of hydrogen-bond donors (Lipinski definition) is 1. The standard InChI is InChI=1S/C16H23N5/c1-3-14-15(4-2)19-20-16(18-14)21(11-10-17)12-13-8-6-5-7-9-13/h5-9H,3-4,10-12,17H2,1-2H3. The molecule has 112 valence electrons. The van der Waals surface area contributed by atoms with Crippen LogP contribution in [0, 0.1) is 0 Å². The molecule has 1 heterocycles. The van der Waals surface area contributed by atoms with Gasteiger partial charge in [0.25, 0.3) is 0 Å². The van der Waals surface area contributed by atoms with E-state index in [-0.39, 0.29) is 0 Å². The Balaban J connectivity index is 2.25. The van der Waals surface area contributed by atoms with Gasteiger partial charge in [-0.1, -0.05) is 44.2 Å². The lowest BCUT2D eigenvalue weighted by atomic mass is 10.2. The molecule has 5 nitrogen and oxygen atoms in total. The first-order chi connectivity index (χ1) is 10.3.